The molecule has 7 nitrogen and oxygen atoms in total. The monoisotopic (exact) mass is 529 g/mol. The van der Waals surface area contributed by atoms with Gasteiger partial charge in [-0.1, -0.05) is 24.8 Å². The maximum absolute atomic E-state index is 13.4. The van der Waals surface area contributed by atoms with Gasteiger partial charge < -0.3 is 10.1 Å². The van der Waals surface area contributed by atoms with Gasteiger partial charge in [-0.05, 0) is 55.6 Å². The largest absolute Gasteiger partial charge is 0.465 e. The Bertz CT molecular complexity index is 1400. The number of anilines is 1. The molecular weight excluding hydrogens is 502 g/mol. The number of aromatic nitrogens is 2. The van der Waals surface area contributed by atoms with Crippen molar-refractivity contribution in [3.63, 3.8) is 0 Å². The Morgan fingerprint density at radius 3 is 2.86 bits per heavy atom. The summed E-state index contributed by atoms with van der Waals surface area (Å²) in [5, 5.41) is 4.67. The molecule has 0 fully saturated rings. The van der Waals surface area contributed by atoms with Gasteiger partial charge in [-0.3, -0.25) is 14.2 Å². The van der Waals surface area contributed by atoms with Crippen LogP contribution in [0.3, 0.4) is 0 Å². The summed E-state index contributed by atoms with van der Waals surface area (Å²) >= 11 is 4.28. The minimum Gasteiger partial charge on any atom is -0.465 e. The first kappa shape index (κ1) is 24.3. The fraction of sp³-hybridized carbons (Fsp3) is 0.440. The molecule has 0 aliphatic heterocycles. The van der Waals surface area contributed by atoms with Crippen LogP contribution >= 0.6 is 34.4 Å². The van der Waals surface area contributed by atoms with Gasteiger partial charge in [0.15, 0.2) is 5.16 Å². The van der Waals surface area contributed by atoms with Crippen LogP contribution < -0.4 is 10.9 Å². The van der Waals surface area contributed by atoms with Gasteiger partial charge in [-0.2, -0.15) is 0 Å². The van der Waals surface area contributed by atoms with Crippen LogP contribution in [0.15, 0.2) is 22.6 Å². The molecule has 0 saturated heterocycles. The summed E-state index contributed by atoms with van der Waals surface area (Å²) in [6.45, 7) is 6.37. The van der Waals surface area contributed by atoms with Gasteiger partial charge >= 0.3 is 5.97 Å². The molecule has 1 unspecified atom stereocenters. The third-order valence-electron chi connectivity index (χ3n) is 6.59. The average Bonchev–Trinajstić information content (AvgIpc) is 3.51. The smallest absolute Gasteiger partial charge is 0.341 e. The molecule has 35 heavy (non-hydrogen) atoms. The van der Waals surface area contributed by atoms with Crippen LogP contribution in [-0.4, -0.2) is 34.3 Å². The van der Waals surface area contributed by atoms with Gasteiger partial charge in [0.2, 0.25) is 5.91 Å². The van der Waals surface area contributed by atoms with Crippen molar-refractivity contribution in [2.75, 3.05) is 18.2 Å². The van der Waals surface area contributed by atoms with Crippen LogP contribution in [0, 0.1) is 5.92 Å². The molecule has 3 aromatic heterocycles. The van der Waals surface area contributed by atoms with E-state index < -0.39 is 5.97 Å². The summed E-state index contributed by atoms with van der Waals surface area (Å²) in [4.78, 5) is 46.6. The Labute approximate surface area is 215 Å². The standard InChI is InChI=1S/C25H27N3O4S3/c1-4-10-28-23(30)19-15-9-8-13(2)11-17(15)35-21(19)27-25(28)33-12-18(29)26-22-20(24(31)32-3)14-6-5-7-16(14)34-22/h4,13H,1,5-12H2,2-3H3,(H,26,29). The molecule has 1 amide bonds. The van der Waals surface area contributed by atoms with E-state index >= 15 is 0 Å². The van der Waals surface area contributed by atoms with Gasteiger partial charge in [-0.25, -0.2) is 9.78 Å². The third-order valence-corrected chi connectivity index (χ3v) is 9.92. The summed E-state index contributed by atoms with van der Waals surface area (Å²) in [6, 6.07) is 0. The van der Waals surface area contributed by atoms with E-state index in [1.54, 1.807) is 22.0 Å². The highest BCUT2D eigenvalue weighted by molar-refractivity contribution is 7.99. The molecule has 1 atom stereocenters. The number of carbonyl (C=O) groups is 2. The number of nitrogens with zero attached hydrogens (tertiary/aromatic N) is 2. The second-order valence-corrected chi connectivity index (χ2v) is 12.2. The van der Waals surface area contributed by atoms with Crippen LogP contribution in [0.25, 0.3) is 10.2 Å². The molecule has 2 aliphatic carbocycles. The Kier molecular flexibility index (Phi) is 6.87. The Balaban J connectivity index is 1.40. The van der Waals surface area contributed by atoms with E-state index in [1.165, 1.54) is 35.1 Å². The lowest BCUT2D eigenvalue weighted by Gasteiger charge is -2.17. The molecule has 0 spiro atoms. The van der Waals surface area contributed by atoms with Crippen molar-refractivity contribution in [3.8, 4) is 0 Å². The number of aryl methyl sites for hydroxylation is 2. The third kappa shape index (κ3) is 4.47. The average molecular weight is 530 g/mol. The maximum Gasteiger partial charge on any atom is 0.341 e. The van der Waals surface area contributed by atoms with Crippen molar-refractivity contribution in [2.24, 2.45) is 5.92 Å². The lowest BCUT2D eigenvalue weighted by molar-refractivity contribution is -0.113. The van der Waals surface area contributed by atoms with Gasteiger partial charge in [-0.15, -0.1) is 29.3 Å². The lowest BCUT2D eigenvalue weighted by atomic mass is 9.89. The van der Waals surface area contributed by atoms with E-state index in [0.717, 1.165) is 64.7 Å². The highest BCUT2D eigenvalue weighted by Gasteiger charge is 2.28. The molecule has 184 valence electrons. The van der Waals surface area contributed by atoms with E-state index in [2.05, 4.69) is 18.8 Å². The van der Waals surface area contributed by atoms with Crippen LogP contribution in [0.2, 0.25) is 0 Å². The number of allylic oxidation sites excluding steroid dienone is 1. The number of amides is 1. The normalized spacial score (nSPS) is 16.7. The topological polar surface area (TPSA) is 90.3 Å². The van der Waals surface area contributed by atoms with Crippen LogP contribution in [-0.2, 0) is 41.8 Å². The van der Waals surface area contributed by atoms with Gasteiger partial charge in [0.1, 0.15) is 9.83 Å². The second-order valence-electron chi connectivity index (χ2n) is 9.02. The molecule has 3 heterocycles. The van der Waals surface area contributed by atoms with Crippen LogP contribution in [0.5, 0.6) is 0 Å². The number of methoxy groups -OCH3 is 1. The van der Waals surface area contributed by atoms with E-state index in [-0.39, 0.29) is 17.2 Å². The summed E-state index contributed by atoms with van der Waals surface area (Å²) in [5.41, 5.74) is 2.55. The molecule has 2 aliphatic rings. The molecule has 0 bridgehead atoms. The molecule has 3 aromatic rings. The minimum absolute atomic E-state index is 0.0625. The van der Waals surface area contributed by atoms with Crippen molar-refractivity contribution >= 4 is 61.5 Å². The molecule has 0 saturated carbocycles. The summed E-state index contributed by atoms with van der Waals surface area (Å²) in [5.74, 6) is 0.00609. The van der Waals surface area contributed by atoms with Crippen LogP contribution in [0.1, 0.15) is 51.0 Å². The first-order chi connectivity index (χ1) is 16.9. The number of fused-ring (bicyclic) bond motifs is 4. The number of thioether (sulfide) groups is 1. The van der Waals surface area contributed by atoms with Gasteiger partial charge in [0, 0.05) is 16.3 Å². The van der Waals surface area contributed by atoms with E-state index in [1.807, 2.05) is 0 Å². The SMILES string of the molecule is C=CCn1c(SCC(=O)Nc2sc3c(c2C(=O)OC)CCC3)nc2sc3c(c2c1=O)CCC(C)C3. The maximum atomic E-state index is 13.4. The van der Waals surface area contributed by atoms with Crippen molar-refractivity contribution in [2.45, 2.75) is 57.1 Å². The van der Waals surface area contributed by atoms with E-state index in [0.29, 0.717) is 28.2 Å². The van der Waals surface area contributed by atoms with Gasteiger partial charge in [0.25, 0.3) is 5.56 Å². The Morgan fingerprint density at radius 2 is 2.09 bits per heavy atom. The van der Waals surface area contributed by atoms with Crippen LogP contribution in [0.4, 0.5) is 5.00 Å². The number of rotatable bonds is 7. The lowest BCUT2D eigenvalue weighted by Crippen LogP contribution is -2.24. The number of esters is 1. The zero-order valence-electron chi connectivity index (χ0n) is 19.8. The summed E-state index contributed by atoms with van der Waals surface area (Å²) in [7, 11) is 1.35. The first-order valence-electron chi connectivity index (χ1n) is 11.7. The molecular formula is C25H27N3O4S3. The zero-order valence-corrected chi connectivity index (χ0v) is 22.2. The first-order valence-corrected chi connectivity index (χ1v) is 14.3. The predicted molar refractivity (Wildman–Crippen MR) is 142 cm³/mol. The highest BCUT2D eigenvalue weighted by atomic mass is 32.2. The number of carbonyl (C=O) groups excluding carboxylic acids is 2. The van der Waals surface area contributed by atoms with E-state index in [4.69, 9.17) is 9.72 Å². The molecule has 5 rings (SSSR count). The molecule has 1 N–H and O–H groups in total. The zero-order chi connectivity index (χ0) is 24.7. The van der Waals surface area contributed by atoms with E-state index in [9.17, 15) is 14.4 Å². The van der Waals surface area contributed by atoms with Crippen molar-refractivity contribution < 1.29 is 14.3 Å². The molecule has 0 radical (unpaired) electrons. The highest BCUT2D eigenvalue weighted by Crippen LogP contribution is 2.40. The number of ether oxygens (including phenoxy) is 1. The fourth-order valence-corrected chi connectivity index (χ4v) is 8.43. The number of hydrogen-bond donors (Lipinski definition) is 1. The minimum atomic E-state index is -0.421. The summed E-state index contributed by atoms with van der Waals surface area (Å²) < 4.78 is 6.57. The Morgan fingerprint density at radius 1 is 1.26 bits per heavy atom. The quantitative estimate of drug-likeness (QED) is 0.204. The predicted octanol–water partition coefficient (Wildman–Crippen LogP) is 4.84. The number of hydrogen-bond acceptors (Lipinski definition) is 8. The summed E-state index contributed by atoms with van der Waals surface area (Å²) in [6.07, 6.45) is 7.39. The second kappa shape index (κ2) is 9.91. The molecule has 10 heteroatoms. The van der Waals surface area contributed by atoms with Crippen molar-refractivity contribution in [1.82, 2.24) is 9.55 Å². The number of nitrogens with one attached hydrogen (secondary N) is 1. The fourth-order valence-electron chi connectivity index (χ4n) is 4.91. The van der Waals surface area contributed by atoms with Crippen molar-refractivity contribution in [3.05, 3.63) is 49.5 Å². The number of thiophene rings is 2. The Hall–Kier alpha value is -2.43. The van der Waals surface area contributed by atoms with Crippen molar-refractivity contribution in [1.29, 1.82) is 0 Å². The van der Waals surface area contributed by atoms with Gasteiger partial charge in [0.05, 0.1) is 23.8 Å². The molecule has 0 aromatic carbocycles.